The number of nitrogens with two attached hydrogens (primary N) is 1. The molecule has 1 aliphatic rings. The summed E-state index contributed by atoms with van der Waals surface area (Å²) in [5.41, 5.74) is 5.59. The maximum Gasteiger partial charge on any atom is 0.0413 e. The Morgan fingerprint density at radius 1 is 1.40 bits per heavy atom. The fourth-order valence-corrected chi connectivity index (χ4v) is 1.83. The predicted molar refractivity (Wildman–Crippen MR) is 44.3 cm³/mol. The van der Waals surface area contributed by atoms with Gasteiger partial charge in [0, 0.05) is 6.54 Å². The molecule has 58 valence electrons. The summed E-state index contributed by atoms with van der Waals surface area (Å²) in [7, 11) is 0. The van der Waals surface area contributed by atoms with Gasteiger partial charge in [0.2, 0.25) is 0 Å². The molecule has 1 fully saturated rings. The summed E-state index contributed by atoms with van der Waals surface area (Å²) in [5, 5.41) is 0. The molecule has 0 spiro atoms. The van der Waals surface area contributed by atoms with Gasteiger partial charge in [-0.1, -0.05) is 6.42 Å². The molecule has 1 rings (SSSR count). The highest BCUT2D eigenvalue weighted by molar-refractivity contribution is 5.23. The van der Waals surface area contributed by atoms with E-state index in [4.69, 9.17) is 5.73 Å². The van der Waals surface area contributed by atoms with Crippen LogP contribution in [0.1, 0.15) is 19.3 Å². The van der Waals surface area contributed by atoms with Gasteiger partial charge in [-0.25, -0.2) is 0 Å². The predicted octanol–water partition coefficient (Wildman–Crippen LogP) is 1.06. The van der Waals surface area contributed by atoms with Gasteiger partial charge in [-0.05, 0) is 37.9 Å². The molecule has 0 aromatic rings. The van der Waals surface area contributed by atoms with Crippen LogP contribution in [0.15, 0.2) is 4.99 Å². The Labute approximate surface area is 62.5 Å². The normalized spacial score (nSPS) is 32.5. The third kappa shape index (κ3) is 1.57. The molecular weight excluding hydrogens is 124 g/mol. The quantitative estimate of drug-likeness (QED) is 0.585. The van der Waals surface area contributed by atoms with Crippen molar-refractivity contribution in [2.45, 2.75) is 19.3 Å². The smallest absolute Gasteiger partial charge is 0.0413 e. The minimum Gasteiger partial charge on any atom is -0.330 e. The van der Waals surface area contributed by atoms with E-state index in [1.807, 2.05) is 0 Å². The lowest BCUT2D eigenvalue weighted by molar-refractivity contribution is 0.407. The fourth-order valence-electron chi connectivity index (χ4n) is 1.83. The zero-order valence-electron chi connectivity index (χ0n) is 6.42. The van der Waals surface area contributed by atoms with E-state index < -0.39 is 0 Å². The number of aliphatic imine (C=N–C) groups is 1. The van der Waals surface area contributed by atoms with Crippen molar-refractivity contribution in [3.05, 3.63) is 0 Å². The fraction of sp³-hybridized carbons (Fsp3) is 0.875. The van der Waals surface area contributed by atoms with Gasteiger partial charge in [0.15, 0.2) is 0 Å². The average Bonchev–Trinajstić information content (AvgIpc) is 2.36. The van der Waals surface area contributed by atoms with Gasteiger partial charge in [-0.2, -0.15) is 0 Å². The van der Waals surface area contributed by atoms with E-state index in [-0.39, 0.29) is 0 Å². The Morgan fingerprint density at radius 3 is 2.70 bits per heavy atom. The molecule has 0 aliphatic heterocycles. The van der Waals surface area contributed by atoms with Gasteiger partial charge < -0.3 is 10.7 Å². The molecule has 1 aliphatic carbocycles. The van der Waals surface area contributed by atoms with Crippen molar-refractivity contribution in [3.63, 3.8) is 0 Å². The van der Waals surface area contributed by atoms with Crippen LogP contribution in [0.3, 0.4) is 0 Å². The second kappa shape index (κ2) is 3.71. The highest BCUT2D eigenvalue weighted by atomic mass is 14.7. The lowest BCUT2D eigenvalue weighted by Gasteiger charge is -2.14. The van der Waals surface area contributed by atoms with Crippen LogP contribution in [0.5, 0.6) is 0 Å². The number of nitrogens with zero attached hydrogens (tertiary/aromatic N) is 1. The molecular formula is C8H16N2. The summed E-state index contributed by atoms with van der Waals surface area (Å²) in [6, 6.07) is 0. The molecule has 0 aromatic heterocycles. The first-order valence-electron chi connectivity index (χ1n) is 4.01. The van der Waals surface area contributed by atoms with E-state index in [1.54, 1.807) is 0 Å². The largest absolute Gasteiger partial charge is 0.330 e. The lowest BCUT2D eigenvalue weighted by atomic mass is 9.97. The molecule has 0 radical (unpaired) electrons. The Bertz CT molecular complexity index is 112. The Balaban J connectivity index is 2.34. The highest BCUT2D eigenvalue weighted by Crippen LogP contribution is 2.30. The molecule has 2 nitrogen and oxygen atoms in total. The highest BCUT2D eigenvalue weighted by Gasteiger charge is 2.24. The van der Waals surface area contributed by atoms with Gasteiger partial charge in [-0.15, -0.1) is 0 Å². The summed E-state index contributed by atoms with van der Waals surface area (Å²) < 4.78 is 0. The Hall–Kier alpha value is -0.370. The van der Waals surface area contributed by atoms with Gasteiger partial charge in [0.25, 0.3) is 0 Å². The summed E-state index contributed by atoms with van der Waals surface area (Å²) in [4.78, 5) is 3.91. The zero-order valence-corrected chi connectivity index (χ0v) is 6.42. The molecule has 0 aromatic carbocycles. The molecule has 2 heteroatoms. The molecule has 2 atom stereocenters. The first kappa shape index (κ1) is 7.73. The summed E-state index contributed by atoms with van der Waals surface area (Å²) in [6.45, 7) is 5.25. The maximum absolute atomic E-state index is 5.59. The Morgan fingerprint density at radius 2 is 2.10 bits per heavy atom. The molecule has 2 unspecified atom stereocenters. The van der Waals surface area contributed by atoms with E-state index in [2.05, 4.69) is 11.7 Å². The first-order valence-corrected chi connectivity index (χ1v) is 4.01. The molecule has 10 heavy (non-hydrogen) atoms. The van der Waals surface area contributed by atoms with E-state index in [0.717, 1.165) is 24.9 Å². The topological polar surface area (TPSA) is 38.4 Å². The number of hydrogen-bond donors (Lipinski definition) is 1. The van der Waals surface area contributed by atoms with Crippen LogP contribution in [0, 0.1) is 11.8 Å². The molecule has 1 saturated carbocycles. The van der Waals surface area contributed by atoms with Gasteiger partial charge in [0.05, 0.1) is 0 Å². The van der Waals surface area contributed by atoms with Gasteiger partial charge in [0.1, 0.15) is 0 Å². The maximum atomic E-state index is 5.59. The Kier molecular flexibility index (Phi) is 2.87. The molecule has 0 bridgehead atoms. The van der Waals surface area contributed by atoms with Crippen LogP contribution < -0.4 is 5.73 Å². The first-order chi connectivity index (χ1) is 4.88. The van der Waals surface area contributed by atoms with Gasteiger partial charge in [-0.3, -0.25) is 0 Å². The third-order valence-electron chi connectivity index (χ3n) is 2.48. The van der Waals surface area contributed by atoms with Crippen molar-refractivity contribution < 1.29 is 0 Å². The monoisotopic (exact) mass is 140 g/mol. The molecule has 0 saturated heterocycles. The van der Waals surface area contributed by atoms with Crippen LogP contribution in [0.2, 0.25) is 0 Å². The standard InChI is InChI=1S/C8H16N2/c1-10-6-8-4-2-3-7(8)5-9/h7-8H,1-6,9H2. The van der Waals surface area contributed by atoms with Crippen molar-refractivity contribution in [2.75, 3.05) is 13.1 Å². The SMILES string of the molecule is C=NCC1CCCC1CN. The average molecular weight is 140 g/mol. The van der Waals surface area contributed by atoms with Crippen molar-refractivity contribution in [1.29, 1.82) is 0 Å². The van der Waals surface area contributed by atoms with Crippen molar-refractivity contribution in [3.8, 4) is 0 Å². The zero-order chi connectivity index (χ0) is 7.40. The van der Waals surface area contributed by atoms with E-state index in [0.29, 0.717) is 0 Å². The molecule has 0 amide bonds. The summed E-state index contributed by atoms with van der Waals surface area (Å²) >= 11 is 0. The minimum absolute atomic E-state index is 0.727. The van der Waals surface area contributed by atoms with Crippen molar-refractivity contribution in [2.24, 2.45) is 22.6 Å². The van der Waals surface area contributed by atoms with Crippen LogP contribution >= 0.6 is 0 Å². The number of rotatable bonds is 3. The number of hydrogen-bond acceptors (Lipinski definition) is 2. The second-order valence-electron chi connectivity index (χ2n) is 3.09. The van der Waals surface area contributed by atoms with Crippen LogP contribution in [-0.2, 0) is 0 Å². The second-order valence-corrected chi connectivity index (χ2v) is 3.09. The minimum atomic E-state index is 0.727. The summed E-state index contributed by atoms with van der Waals surface area (Å²) in [5.74, 6) is 1.47. The van der Waals surface area contributed by atoms with E-state index in [9.17, 15) is 0 Å². The third-order valence-corrected chi connectivity index (χ3v) is 2.48. The van der Waals surface area contributed by atoms with Crippen LogP contribution in [0.25, 0.3) is 0 Å². The summed E-state index contributed by atoms with van der Waals surface area (Å²) in [6.07, 6.45) is 3.94. The molecule has 2 N–H and O–H groups in total. The van der Waals surface area contributed by atoms with E-state index >= 15 is 0 Å². The van der Waals surface area contributed by atoms with Crippen LogP contribution in [0.4, 0.5) is 0 Å². The van der Waals surface area contributed by atoms with E-state index in [1.165, 1.54) is 19.3 Å². The van der Waals surface area contributed by atoms with Crippen molar-refractivity contribution >= 4 is 6.72 Å². The lowest BCUT2D eigenvalue weighted by Crippen LogP contribution is -2.20. The molecule has 0 heterocycles. The van der Waals surface area contributed by atoms with Crippen molar-refractivity contribution in [1.82, 2.24) is 0 Å². The van der Waals surface area contributed by atoms with Crippen LogP contribution in [-0.4, -0.2) is 19.8 Å². The van der Waals surface area contributed by atoms with Gasteiger partial charge >= 0.3 is 0 Å².